The van der Waals surface area contributed by atoms with Crippen molar-refractivity contribution >= 4 is 44.4 Å². The topological polar surface area (TPSA) is 90.3 Å². The number of carbonyl (C=O) groups is 1. The van der Waals surface area contributed by atoms with Crippen molar-refractivity contribution in [1.29, 1.82) is 0 Å². The number of anilines is 1. The number of carbonyl (C=O) groups excluding carboxylic acids is 1. The van der Waals surface area contributed by atoms with Crippen molar-refractivity contribution in [2.45, 2.75) is 17.0 Å². The minimum Gasteiger partial charge on any atom is -0.494 e. The third kappa shape index (κ3) is 4.63. The lowest BCUT2D eigenvalue weighted by Crippen LogP contribution is -2.17. The van der Waals surface area contributed by atoms with E-state index in [1.54, 1.807) is 66.7 Å². The summed E-state index contributed by atoms with van der Waals surface area (Å²) in [7, 11) is -3.88. The Kier molecular flexibility index (Phi) is 6.48. The first-order valence-corrected chi connectivity index (χ1v) is 12.3. The molecule has 4 aromatic rings. The van der Waals surface area contributed by atoms with Crippen LogP contribution >= 0.6 is 11.8 Å². The highest BCUT2D eigenvalue weighted by atomic mass is 32.2. The third-order valence-corrected chi connectivity index (χ3v) is 7.33. The minimum atomic E-state index is -3.88. The fourth-order valence-electron chi connectivity index (χ4n) is 3.13. The molecule has 0 saturated heterocycles. The van der Waals surface area contributed by atoms with Crippen LogP contribution in [0, 0.1) is 0 Å². The normalized spacial score (nSPS) is 11.4. The maximum absolute atomic E-state index is 13.3. The van der Waals surface area contributed by atoms with Gasteiger partial charge in [0.1, 0.15) is 5.75 Å². The van der Waals surface area contributed by atoms with E-state index in [9.17, 15) is 13.2 Å². The largest absolute Gasteiger partial charge is 0.494 e. The number of fused-ring (bicyclic) bond motifs is 1. The second kappa shape index (κ2) is 9.46. The van der Waals surface area contributed by atoms with Gasteiger partial charge in [-0.2, -0.15) is 0 Å². The van der Waals surface area contributed by atoms with Crippen molar-refractivity contribution in [1.82, 2.24) is 8.96 Å². The van der Waals surface area contributed by atoms with E-state index in [1.165, 1.54) is 16.1 Å². The standard InChI is InChI=1S/C23H21N3O4S2/c1-2-30-18-14-12-17(13-15-18)24-22(27)16-31-23-25-20-10-6-7-11-21(20)26(23)32(28,29)19-8-4-3-5-9-19/h3-15H,2,16H2,1H3,(H,24,27). The zero-order valence-electron chi connectivity index (χ0n) is 17.3. The van der Waals surface area contributed by atoms with Crippen LogP contribution < -0.4 is 10.1 Å². The summed E-state index contributed by atoms with van der Waals surface area (Å²) in [5.41, 5.74) is 1.64. The van der Waals surface area contributed by atoms with Crippen LogP contribution in [0.1, 0.15) is 6.92 Å². The maximum Gasteiger partial charge on any atom is 0.270 e. The Morgan fingerprint density at radius 1 is 1.00 bits per heavy atom. The molecule has 1 heterocycles. The lowest BCUT2D eigenvalue weighted by Gasteiger charge is -2.10. The fourth-order valence-corrected chi connectivity index (χ4v) is 5.67. The summed E-state index contributed by atoms with van der Waals surface area (Å²) in [5.74, 6) is 0.454. The molecule has 0 aliphatic heterocycles. The smallest absolute Gasteiger partial charge is 0.270 e. The molecule has 164 valence electrons. The first kappa shape index (κ1) is 21.9. The first-order valence-electron chi connectivity index (χ1n) is 9.92. The zero-order valence-corrected chi connectivity index (χ0v) is 18.9. The van der Waals surface area contributed by atoms with Gasteiger partial charge in [0.2, 0.25) is 5.91 Å². The Balaban J connectivity index is 1.57. The summed E-state index contributed by atoms with van der Waals surface area (Å²) < 4.78 is 33.3. The molecule has 0 spiro atoms. The molecule has 0 aliphatic carbocycles. The van der Waals surface area contributed by atoms with Crippen LogP contribution in [-0.4, -0.2) is 35.6 Å². The van der Waals surface area contributed by atoms with E-state index in [0.29, 0.717) is 23.3 Å². The Morgan fingerprint density at radius 3 is 2.41 bits per heavy atom. The van der Waals surface area contributed by atoms with E-state index in [1.807, 2.05) is 6.92 Å². The molecular weight excluding hydrogens is 446 g/mol. The van der Waals surface area contributed by atoms with Gasteiger partial charge >= 0.3 is 0 Å². The molecular formula is C23H21N3O4S2. The number of imidazole rings is 1. The molecule has 1 aromatic heterocycles. The second-order valence-electron chi connectivity index (χ2n) is 6.76. The lowest BCUT2D eigenvalue weighted by atomic mass is 10.3. The number of hydrogen-bond donors (Lipinski definition) is 1. The molecule has 0 unspecified atom stereocenters. The number of ether oxygens (including phenoxy) is 1. The second-order valence-corrected chi connectivity index (χ2v) is 9.49. The number of amides is 1. The van der Waals surface area contributed by atoms with Crippen molar-refractivity contribution in [3.05, 3.63) is 78.9 Å². The maximum atomic E-state index is 13.3. The van der Waals surface area contributed by atoms with Crippen LogP contribution in [0.4, 0.5) is 5.69 Å². The summed E-state index contributed by atoms with van der Waals surface area (Å²) in [4.78, 5) is 17.1. The zero-order chi connectivity index (χ0) is 22.6. The van der Waals surface area contributed by atoms with Crippen LogP contribution in [-0.2, 0) is 14.8 Å². The van der Waals surface area contributed by atoms with E-state index in [0.717, 1.165) is 17.5 Å². The van der Waals surface area contributed by atoms with Gasteiger partial charge in [0.05, 0.1) is 28.3 Å². The first-order chi connectivity index (χ1) is 15.5. The van der Waals surface area contributed by atoms with E-state index in [-0.39, 0.29) is 21.7 Å². The van der Waals surface area contributed by atoms with Crippen molar-refractivity contribution in [3.63, 3.8) is 0 Å². The molecule has 7 nitrogen and oxygen atoms in total. The molecule has 0 bridgehead atoms. The molecule has 0 atom stereocenters. The van der Waals surface area contributed by atoms with E-state index in [2.05, 4.69) is 10.3 Å². The molecule has 1 amide bonds. The predicted octanol–water partition coefficient (Wildman–Crippen LogP) is 4.40. The van der Waals surface area contributed by atoms with Crippen LogP contribution in [0.5, 0.6) is 5.75 Å². The summed E-state index contributed by atoms with van der Waals surface area (Å²) in [5, 5.41) is 3.04. The molecule has 1 N–H and O–H groups in total. The van der Waals surface area contributed by atoms with E-state index in [4.69, 9.17) is 4.74 Å². The number of benzene rings is 3. The number of para-hydroxylation sites is 2. The monoisotopic (exact) mass is 467 g/mol. The van der Waals surface area contributed by atoms with Crippen LogP contribution in [0.15, 0.2) is 88.9 Å². The van der Waals surface area contributed by atoms with Crippen LogP contribution in [0.3, 0.4) is 0 Å². The highest BCUT2D eigenvalue weighted by Gasteiger charge is 2.24. The minimum absolute atomic E-state index is 0.000836. The van der Waals surface area contributed by atoms with Gasteiger partial charge in [-0.15, -0.1) is 0 Å². The van der Waals surface area contributed by atoms with Gasteiger partial charge in [-0.1, -0.05) is 42.1 Å². The fraction of sp³-hybridized carbons (Fsp3) is 0.130. The van der Waals surface area contributed by atoms with Gasteiger partial charge in [0.25, 0.3) is 10.0 Å². The van der Waals surface area contributed by atoms with Gasteiger partial charge in [-0.05, 0) is 55.5 Å². The van der Waals surface area contributed by atoms with Gasteiger partial charge in [0, 0.05) is 5.69 Å². The Bertz CT molecular complexity index is 1330. The van der Waals surface area contributed by atoms with E-state index < -0.39 is 10.0 Å². The van der Waals surface area contributed by atoms with Crippen LogP contribution in [0.25, 0.3) is 11.0 Å². The quantitative estimate of drug-likeness (QED) is 0.386. The summed E-state index contributed by atoms with van der Waals surface area (Å²) >= 11 is 1.07. The predicted molar refractivity (Wildman–Crippen MR) is 126 cm³/mol. The Morgan fingerprint density at radius 2 is 1.69 bits per heavy atom. The third-order valence-electron chi connectivity index (χ3n) is 4.55. The Hall–Kier alpha value is -3.30. The van der Waals surface area contributed by atoms with Crippen molar-refractivity contribution < 1.29 is 17.9 Å². The summed E-state index contributed by atoms with van der Waals surface area (Å²) in [6.07, 6.45) is 0. The van der Waals surface area contributed by atoms with Crippen molar-refractivity contribution in [2.24, 2.45) is 0 Å². The number of rotatable bonds is 8. The highest BCUT2D eigenvalue weighted by molar-refractivity contribution is 8.00. The average molecular weight is 468 g/mol. The molecule has 3 aromatic carbocycles. The van der Waals surface area contributed by atoms with Crippen molar-refractivity contribution in [3.8, 4) is 5.75 Å². The molecule has 0 saturated carbocycles. The SMILES string of the molecule is CCOc1ccc(NC(=O)CSc2nc3ccccc3n2S(=O)(=O)c2ccccc2)cc1. The number of thioether (sulfide) groups is 1. The van der Waals surface area contributed by atoms with E-state index >= 15 is 0 Å². The molecule has 4 rings (SSSR count). The van der Waals surface area contributed by atoms with Gasteiger partial charge < -0.3 is 10.1 Å². The summed E-state index contributed by atoms with van der Waals surface area (Å²) in [6.45, 7) is 2.47. The molecule has 0 fully saturated rings. The van der Waals surface area contributed by atoms with Crippen molar-refractivity contribution in [2.75, 3.05) is 17.7 Å². The highest BCUT2D eigenvalue weighted by Crippen LogP contribution is 2.29. The molecule has 0 aliphatic rings. The van der Waals surface area contributed by atoms with Gasteiger partial charge in [-0.25, -0.2) is 17.4 Å². The number of nitrogens with zero attached hydrogens (tertiary/aromatic N) is 2. The Labute approximate surface area is 190 Å². The van der Waals surface area contributed by atoms with Gasteiger partial charge in [0.15, 0.2) is 5.16 Å². The average Bonchev–Trinajstić information content (AvgIpc) is 3.19. The number of hydrogen-bond acceptors (Lipinski definition) is 6. The number of aromatic nitrogens is 2. The molecule has 32 heavy (non-hydrogen) atoms. The molecule has 9 heteroatoms. The van der Waals surface area contributed by atoms with Gasteiger partial charge in [-0.3, -0.25) is 4.79 Å². The lowest BCUT2D eigenvalue weighted by molar-refractivity contribution is -0.113. The summed E-state index contributed by atoms with van der Waals surface area (Å²) in [6, 6.07) is 22.2. The molecule has 0 radical (unpaired) electrons. The van der Waals surface area contributed by atoms with Crippen LogP contribution in [0.2, 0.25) is 0 Å². The number of nitrogens with one attached hydrogen (secondary N) is 1.